The molecule has 0 aliphatic carbocycles. The number of rotatable bonds is 3. The minimum Gasteiger partial charge on any atom is -0.375 e. The molecule has 6 nitrogen and oxygen atoms in total. The van der Waals surface area contributed by atoms with Gasteiger partial charge in [-0.3, -0.25) is 0 Å². The number of morpholine rings is 1. The van der Waals surface area contributed by atoms with Crippen LogP contribution in [0.25, 0.3) is 11.0 Å². The highest BCUT2D eigenvalue weighted by atomic mass is 32.2. The standard InChI is InChI=1S/C13H17N3O3S/c1-20(17,18)11-4-2-3-10-13(11)16-12(15-10)7-9-8-14-5-6-19-9/h2-4,9,14H,5-8H2,1H3,(H,15,16). The van der Waals surface area contributed by atoms with Crippen molar-refractivity contribution in [3.63, 3.8) is 0 Å². The molecule has 1 unspecified atom stereocenters. The molecule has 1 aliphatic heterocycles. The van der Waals surface area contributed by atoms with Gasteiger partial charge in [-0.1, -0.05) is 6.07 Å². The molecule has 1 atom stereocenters. The van der Waals surface area contributed by atoms with Crippen LogP contribution in [-0.2, 0) is 21.0 Å². The zero-order valence-corrected chi connectivity index (χ0v) is 12.0. The van der Waals surface area contributed by atoms with Gasteiger partial charge in [-0.05, 0) is 12.1 Å². The predicted molar refractivity (Wildman–Crippen MR) is 75.5 cm³/mol. The van der Waals surface area contributed by atoms with Crippen LogP contribution >= 0.6 is 0 Å². The Morgan fingerprint density at radius 1 is 1.45 bits per heavy atom. The molecule has 1 aliphatic rings. The lowest BCUT2D eigenvalue weighted by Crippen LogP contribution is -2.39. The summed E-state index contributed by atoms with van der Waals surface area (Å²) in [5, 5.41) is 3.26. The largest absolute Gasteiger partial charge is 0.375 e. The lowest BCUT2D eigenvalue weighted by atomic mass is 10.2. The normalized spacial score (nSPS) is 20.4. The number of aromatic amines is 1. The van der Waals surface area contributed by atoms with Gasteiger partial charge in [-0.15, -0.1) is 0 Å². The zero-order chi connectivity index (χ0) is 14.2. The van der Waals surface area contributed by atoms with Crippen molar-refractivity contribution in [2.75, 3.05) is 26.0 Å². The maximum atomic E-state index is 11.8. The number of nitrogens with one attached hydrogen (secondary N) is 2. The first-order valence-corrected chi connectivity index (χ1v) is 8.43. The molecule has 0 radical (unpaired) electrons. The van der Waals surface area contributed by atoms with Gasteiger partial charge in [0.05, 0.1) is 23.1 Å². The number of para-hydroxylation sites is 1. The summed E-state index contributed by atoms with van der Waals surface area (Å²) in [6.07, 6.45) is 1.92. The topological polar surface area (TPSA) is 84.1 Å². The lowest BCUT2D eigenvalue weighted by Gasteiger charge is -2.22. The average molecular weight is 295 g/mol. The molecule has 1 saturated heterocycles. The highest BCUT2D eigenvalue weighted by Crippen LogP contribution is 2.21. The van der Waals surface area contributed by atoms with Gasteiger partial charge in [0.1, 0.15) is 11.3 Å². The quantitative estimate of drug-likeness (QED) is 0.861. The first-order valence-electron chi connectivity index (χ1n) is 6.54. The second-order valence-corrected chi connectivity index (χ2v) is 6.99. The number of sulfone groups is 1. The Morgan fingerprint density at radius 2 is 2.30 bits per heavy atom. The molecule has 3 rings (SSSR count). The van der Waals surface area contributed by atoms with E-state index in [-0.39, 0.29) is 11.0 Å². The van der Waals surface area contributed by atoms with E-state index >= 15 is 0 Å². The molecule has 2 N–H and O–H groups in total. The Kier molecular flexibility index (Phi) is 3.49. The number of hydrogen-bond acceptors (Lipinski definition) is 5. The number of H-pyrrole nitrogens is 1. The van der Waals surface area contributed by atoms with Gasteiger partial charge < -0.3 is 15.0 Å². The summed E-state index contributed by atoms with van der Waals surface area (Å²) in [6.45, 7) is 2.35. The maximum absolute atomic E-state index is 11.8. The Morgan fingerprint density at radius 3 is 3.00 bits per heavy atom. The predicted octanol–water partition coefficient (Wildman–Crippen LogP) is 0.497. The van der Waals surface area contributed by atoms with Crippen molar-refractivity contribution in [1.82, 2.24) is 15.3 Å². The van der Waals surface area contributed by atoms with E-state index in [1.54, 1.807) is 12.1 Å². The Hall–Kier alpha value is -1.44. The van der Waals surface area contributed by atoms with E-state index in [1.165, 1.54) is 6.26 Å². The molecule has 1 aromatic carbocycles. The summed E-state index contributed by atoms with van der Waals surface area (Å²) >= 11 is 0. The Bertz CT molecular complexity index is 718. The smallest absolute Gasteiger partial charge is 0.177 e. The van der Waals surface area contributed by atoms with Crippen LogP contribution in [0.5, 0.6) is 0 Å². The maximum Gasteiger partial charge on any atom is 0.177 e. The summed E-state index contributed by atoms with van der Waals surface area (Å²) < 4.78 is 29.1. The SMILES string of the molecule is CS(=O)(=O)c1cccc2[nH]c(CC3CNCCO3)nc12. The second kappa shape index (κ2) is 5.16. The summed E-state index contributed by atoms with van der Waals surface area (Å²) in [5.41, 5.74) is 1.25. The van der Waals surface area contributed by atoms with Crippen molar-refractivity contribution in [2.24, 2.45) is 0 Å². The van der Waals surface area contributed by atoms with Gasteiger partial charge in [0, 0.05) is 25.8 Å². The van der Waals surface area contributed by atoms with Crippen LogP contribution in [0.3, 0.4) is 0 Å². The third kappa shape index (κ3) is 2.70. The average Bonchev–Trinajstić information content (AvgIpc) is 2.80. The number of fused-ring (bicyclic) bond motifs is 1. The Labute approximate surface area is 117 Å². The fraction of sp³-hybridized carbons (Fsp3) is 0.462. The van der Waals surface area contributed by atoms with E-state index in [0.29, 0.717) is 18.5 Å². The minimum atomic E-state index is -3.28. The molecule has 1 aromatic heterocycles. The van der Waals surface area contributed by atoms with Crippen LogP contribution < -0.4 is 5.32 Å². The number of hydrogen-bond donors (Lipinski definition) is 2. The monoisotopic (exact) mass is 295 g/mol. The first kappa shape index (κ1) is 13.5. The number of ether oxygens (including phenoxy) is 1. The Balaban J connectivity index is 1.94. The molecule has 2 heterocycles. The number of imidazole rings is 1. The summed E-state index contributed by atoms with van der Waals surface area (Å²) in [4.78, 5) is 7.87. The van der Waals surface area contributed by atoms with Gasteiger partial charge in [0.15, 0.2) is 9.84 Å². The fourth-order valence-corrected chi connectivity index (χ4v) is 3.25. The molecule has 2 aromatic rings. The molecule has 7 heteroatoms. The van der Waals surface area contributed by atoms with Crippen LogP contribution in [0.15, 0.2) is 23.1 Å². The summed E-state index contributed by atoms with van der Waals surface area (Å²) in [7, 11) is -3.28. The second-order valence-electron chi connectivity index (χ2n) is 5.01. The number of aromatic nitrogens is 2. The van der Waals surface area contributed by atoms with E-state index in [2.05, 4.69) is 15.3 Å². The van der Waals surface area contributed by atoms with Gasteiger partial charge in [-0.25, -0.2) is 13.4 Å². The van der Waals surface area contributed by atoms with Gasteiger partial charge in [-0.2, -0.15) is 0 Å². The van der Waals surface area contributed by atoms with Crippen molar-refractivity contribution >= 4 is 20.9 Å². The molecule has 0 bridgehead atoms. The van der Waals surface area contributed by atoms with Crippen LogP contribution in [0.1, 0.15) is 5.82 Å². The molecule has 108 valence electrons. The van der Waals surface area contributed by atoms with Crippen molar-refractivity contribution in [3.05, 3.63) is 24.0 Å². The number of nitrogens with zero attached hydrogens (tertiary/aromatic N) is 1. The van der Waals surface area contributed by atoms with Gasteiger partial charge >= 0.3 is 0 Å². The molecule has 0 saturated carbocycles. The van der Waals surface area contributed by atoms with Crippen molar-refractivity contribution in [1.29, 1.82) is 0 Å². The van der Waals surface area contributed by atoms with Crippen LogP contribution in [0, 0.1) is 0 Å². The van der Waals surface area contributed by atoms with E-state index in [9.17, 15) is 8.42 Å². The van der Waals surface area contributed by atoms with Gasteiger partial charge in [0.25, 0.3) is 0 Å². The van der Waals surface area contributed by atoms with E-state index in [4.69, 9.17) is 4.74 Å². The highest BCUT2D eigenvalue weighted by Gasteiger charge is 2.18. The summed E-state index contributed by atoms with van der Waals surface area (Å²) in [5.74, 6) is 0.754. The molecule has 20 heavy (non-hydrogen) atoms. The summed E-state index contributed by atoms with van der Waals surface area (Å²) in [6, 6.07) is 5.14. The van der Waals surface area contributed by atoms with E-state index in [1.807, 2.05) is 6.07 Å². The van der Waals surface area contributed by atoms with E-state index < -0.39 is 9.84 Å². The third-order valence-electron chi connectivity index (χ3n) is 3.35. The van der Waals surface area contributed by atoms with Crippen LogP contribution in [0.2, 0.25) is 0 Å². The first-order chi connectivity index (χ1) is 9.54. The molecular formula is C13H17N3O3S. The van der Waals surface area contributed by atoms with Crippen LogP contribution in [0.4, 0.5) is 0 Å². The highest BCUT2D eigenvalue weighted by molar-refractivity contribution is 7.91. The zero-order valence-electron chi connectivity index (χ0n) is 11.2. The molecule has 0 spiro atoms. The third-order valence-corrected chi connectivity index (χ3v) is 4.48. The number of benzene rings is 1. The van der Waals surface area contributed by atoms with Crippen molar-refractivity contribution in [3.8, 4) is 0 Å². The minimum absolute atomic E-state index is 0.0750. The van der Waals surface area contributed by atoms with Gasteiger partial charge in [0.2, 0.25) is 0 Å². The fourth-order valence-electron chi connectivity index (χ4n) is 2.42. The van der Waals surface area contributed by atoms with Crippen molar-refractivity contribution in [2.45, 2.75) is 17.4 Å². The lowest BCUT2D eigenvalue weighted by molar-refractivity contribution is 0.0282. The molecular weight excluding hydrogens is 278 g/mol. The molecule has 1 fully saturated rings. The molecule has 0 amide bonds. The van der Waals surface area contributed by atoms with Crippen LogP contribution in [-0.4, -0.2) is 50.4 Å². The van der Waals surface area contributed by atoms with Crippen molar-refractivity contribution < 1.29 is 13.2 Å². The van der Waals surface area contributed by atoms with E-state index in [0.717, 1.165) is 24.4 Å².